The monoisotopic (exact) mass is 252 g/mol. The number of nitrogens with zero attached hydrogens (tertiary/aromatic N) is 2. The van der Waals surface area contributed by atoms with E-state index >= 15 is 0 Å². The Bertz CT molecular complexity index is 385. The number of carboxylic acids is 1. The van der Waals surface area contributed by atoms with Crippen LogP contribution < -0.4 is 9.67 Å². The maximum atomic E-state index is 10.8. The molecule has 4 nitrogen and oxygen atoms in total. The van der Waals surface area contributed by atoms with Crippen LogP contribution in [0.1, 0.15) is 45.9 Å². The zero-order valence-corrected chi connectivity index (χ0v) is 11.7. The lowest BCUT2D eigenvalue weighted by Gasteiger charge is -2.11. The first kappa shape index (κ1) is 14.7. The van der Waals surface area contributed by atoms with Gasteiger partial charge >= 0.3 is 0 Å². The molecule has 1 unspecified atom stereocenters. The first-order valence-electron chi connectivity index (χ1n) is 6.88. The van der Waals surface area contributed by atoms with E-state index in [1.807, 2.05) is 12.4 Å². The number of hydrogen-bond donors (Lipinski definition) is 0. The zero-order valence-electron chi connectivity index (χ0n) is 11.7. The number of aryl methyl sites for hydroxylation is 1. The van der Waals surface area contributed by atoms with Gasteiger partial charge in [0, 0.05) is 18.3 Å². The third-order valence-electron chi connectivity index (χ3n) is 3.31. The molecule has 0 saturated heterocycles. The fourth-order valence-corrected chi connectivity index (χ4v) is 2.14. The van der Waals surface area contributed by atoms with E-state index in [2.05, 4.69) is 23.0 Å². The van der Waals surface area contributed by atoms with Gasteiger partial charge in [0.05, 0.1) is 13.1 Å². The van der Waals surface area contributed by atoms with Gasteiger partial charge in [-0.3, -0.25) is 0 Å². The first-order chi connectivity index (χ1) is 8.60. The second-order valence-corrected chi connectivity index (χ2v) is 4.83. The van der Waals surface area contributed by atoms with Crippen LogP contribution in [0.15, 0.2) is 12.4 Å². The molecule has 0 aliphatic carbocycles. The second-order valence-electron chi connectivity index (χ2n) is 4.83. The molecule has 0 aliphatic heterocycles. The van der Waals surface area contributed by atoms with Gasteiger partial charge < -0.3 is 9.90 Å². The van der Waals surface area contributed by atoms with E-state index in [0.717, 1.165) is 19.4 Å². The molecule has 4 heteroatoms. The molecular weight excluding hydrogens is 228 g/mol. The van der Waals surface area contributed by atoms with E-state index in [1.54, 1.807) is 6.92 Å². The van der Waals surface area contributed by atoms with Crippen LogP contribution in [0.2, 0.25) is 0 Å². The fourth-order valence-electron chi connectivity index (χ4n) is 2.14. The predicted octanol–water partition coefficient (Wildman–Crippen LogP) is 0.914. The van der Waals surface area contributed by atoms with Crippen LogP contribution in [0.4, 0.5) is 0 Å². The van der Waals surface area contributed by atoms with E-state index in [1.165, 1.54) is 18.7 Å². The van der Waals surface area contributed by atoms with Crippen molar-refractivity contribution in [1.82, 2.24) is 4.57 Å². The largest absolute Gasteiger partial charge is 0.550 e. The highest BCUT2D eigenvalue weighted by Gasteiger charge is 2.17. The van der Waals surface area contributed by atoms with Crippen LogP contribution >= 0.6 is 0 Å². The van der Waals surface area contributed by atoms with E-state index in [9.17, 15) is 9.90 Å². The summed E-state index contributed by atoms with van der Waals surface area (Å²) in [4.78, 5) is 10.8. The van der Waals surface area contributed by atoms with E-state index in [-0.39, 0.29) is 0 Å². The van der Waals surface area contributed by atoms with Crippen molar-refractivity contribution >= 4 is 5.97 Å². The molecule has 0 spiro atoms. The Labute approximate surface area is 109 Å². The molecule has 1 aromatic rings. The standard InChI is InChI=1S/C14H24N2O2/c1-4-6-7-8-13-15(5-2)9-10-16(13)11-12(3)14(17)18/h9-10,12H,4-8,11H2,1-3H3. The maximum Gasteiger partial charge on any atom is 0.256 e. The highest BCUT2D eigenvalue weighted by atomic mass is 16.4. The maximum absolute atomic E-state index is 10.8. The van der Waals surface area contributed by atoms with Crippen molar-refractivity contribution in [2.75, 3.05) is 0 Å². The SMILES string of the molecule is CCCCCc1n(CC)cc[n+]1CC(C)C(=O)[O-]. The topological polar surface area (TPSA) is 48.9 Å². The van der Waals surface area contributed by atoms with E-state index in [4.69, 9.17) is 0 Å². The lowest BCUT2D eigenvalue weighted by atomic mass is 10.1. The van der Waals surface area contributed by atoms with Gasteiger partial charge in [0.25, 0.3) is 5.82 Å². The van der Waals surface area contributed by atoms with Gasteiger partial charge in [-0.2, -0.15) is 0 Å². The van der Waals surface area contributed by atoms with Crippen molar-refractivity contribution in [3.8, 4) is 0 Å². The number of carbonyl (C=O) groups excluding carboxylic acids is 1. The van der Waals surface area contributed by atoms with E-state index in [0.29, 0.717) is 6.54 Å². The van der Waals surface area contributed by atoms with Crippen molar-refractivity contribution < 1.29 is 14.5 Å². The number of aromatic nitrogens is 2. The summed E-state index contributed by atoms with van der Waals surface area (Å²) in [5.41, 5.74) is 0. The molecule has 0 aromatic carbocycles. The van der Waals surface area contributed by atoms with Gasteiger partial charge in [0.15, 0.2) is 0 Å². The summed E-state index contributed by atoms with van der Waals surface area (Å²) in [7, 11) is 0. The average molecular weight is 252 g/mol. The summed E-state index contributed by atoms with van der Waals surface area (Å²) < 4.78 is 4.25. The Morgan fingerprint density at radius 3 is 2.72 bits per heavy atom. The van der Waals surface area contributed by atoms with Gasteiger partial charge in [-0.05, 0) is 13.3 Å². The normalized spacial score (nSPS) is 12.6. The van der Waals surface area contributed by atoms with Gasteiger partial charge in [-0.1, -0.05) is 26.7 Å². The Hall–Kier alpha value is -1.32. The molecule has 1 rings (SSSR count). The van der Waals surface area contributed by atoms with Crippen LogP contribution in [-0.2, 0) is 24.3 Å². The zero-order chi connectivity index (χ0) is 13.5. The van der Waals surface area contributed by atoms with Crippen LogP contribution in [0.5, 0.6) is 0 Å². The summed E-state index contributed by atoms with van der Waals surface area (Å²) in [5.74, 6) is -0.210. The Balaban J connectivity index is 2.77. The number of rotatable bonds is 8. The highest BCUT2D eigenvalue weighted by Crippen LogP contribution is 2.05. The Morgan fingerprint density at radius 2 is 2.17 bits per heavy atom. The average Bonchev–Trinajstić information content (AvgIpc) is 2.72. The number of aliphatic carboxylic acids is 1. The quantitative estimate of drug-likeness (QED) is 0.510. The van der Waals surface area contributed by atoms with Crippen LogP contribution in [0, 0.1) is 5.92 Å². The van der Waals surface area contributed by atoms with E-state index < -0.39 is 11.9 Å². The number of imidazole rings is 1. The molecule has 0 bridgehead atoms. The highest BCUT2D eigenvalue weighted by molar-refractivity contribution is 5.66. The van der Waals surface area contributed by atoms with Gasteiger partial charge in [-0.25, -0.2) is 9.13 Å². The van der Waals surface area contributed by atoms with Crippen LogP contribution in [-0.4, -0.2) is 10.5 Å². The van der Waals surface area contributed by atoms with Crippen molar-refractivity contribution in [1.29, 1.82) is 0 Å². The van der Waals surface area contributed by atoms with Crippen molar-refractivity contribution in [3.63, 3.8) is 0 Å². The molecule has 0 N–H and O–H groups in total. The molecule has 1 atom stereocenters. The Kier molecular flexibility index (Phi) is 5.89. The number of hydrogen-bond acceptors (Lipinski definition) is 2. The minimum atomic E-state index is -0.980. The third kappa shape index (κ3) is 3.86. The second kappa shape index (κ2) is 7.19. The summed E-state index contributed by atoms with van der Waals surface area (Å²) >= 11 is 0. The molecule has 1 aromatic heterocycles. The summed E-state index contributed by atoms with van der Waals surface area (Å²) in [6, 6.07) is 0. The Morgan fingerprint density at radius 1 is 1.44 bits per heavy atom. The third-order valence-corrected chi connectivity index (χ3v) is 3.31. The smallest absolute Gasteiger partial charge is 0.256 e. The van der Waals surface area contributed by atoms with Crippen molar-refractivity contribution in [2.45, 2.75) is 59.5 Å². The summed E-state index contributed by atoms with van der Waals surface area (Å²) in [6.07, 6.45) is 8.58. The number of unbranched alkanes of at least 4 members (excludes halogenated alkanes) is 2. The molecule has 0 radical (unpaired) electrons. The van der Waals surface area contributed by atoms with Gasteiger partial charge in [-0.15, -0.1) is 0 Å². The van der Waals surface area contributed by atoms with Gasteiger partial charge in [0.2, 0.25) is 0 Å². The molecular formula is C14H24N2O2. The minimum Gasteiger partial charge on any atom is -0.550 e. The summed E-state index contributed by atoms with van der Waals surface area (Å²) in [6.45, 7) is 7.41. The lowest BCUT2D eigenvalue weighted by molar-refractivity contribution is -0.708. The molecule has 0 amide bonds. The molecule has 0 fully saturated rings. The fraction of sp³-hybridized carbons (Fsp3) is 0.714. The summed E-state index contributed by atoms with van der Waals surface area (Å²) in [5, 5.41) is 10.8. The van der Waals surface area contributed by atoms with Crippen LogP contribution in [0.3, 0.4) is 0 Å². The van der Waals surface area contributed by atoms with Gasteiger partial charge in [0.1, 0.15) is 12.4 Å². The molecule has 0 saturated carbocycles. The van der Waals surface area contributed by atoms with Crippen molar-refractivity contribution in [3.05, 3.63) is 18.2 Å². The molecule has 0 aliphatic rings. The first-order valence-corrected chi connectivity index (χ1v) is 6.88. The van der Waals surface area contributed by atoms with Crippen molar-refractivity contribution in [2.24, 2.45) is 5.92 Å². The van der Waals surface area contributed by atoms with Crippen LogP contribution in [0.25, 0.3) is 0 Å². The molecule has 18 heavy (non-hydrogen) atoms. The minimum absolute atomic E-state index is 0.451. The number of carbonyl (C=O) groups is 1. The molecule has 1 heterocycles. The lowest BCUT2D eigenvalue weighted by Crippen LogP contribution is -2.45. The number of carboxylic acid groups (broad SMARTS) is 1. The molecule has 102 valence electrons. The predicted molar refractivity (Wildman–Crippen MR) is 67.7 cm³/mol.